The van der Waals surface area contributed by atoms with Crippen molar-refractivity contribution in [2.24, 2.45) is 7.05 Å². The van der Waals surface area contributed by atoms with E-state index >= 15 is 0 Å². The van der Waals surface area contributed by atoms with E-state index < -0.39 is 11.9 Å². The van der Waals surface area contributed by atoms with Crippen molar-refractivity contribution in [1.82, 2.24) is 9.55 Å². The summed E-state index contributed by atoms with van der Waals surface area (Å²) in [5.41, 5.74) is 0. The molecule has 0 bridgehead atoms. The molecule has 0 unspecified atom stereocenters. The van der Waals surface area contributed by atoms with Gasteiger partial charge in [-0.15, -0.1) is 0 Å². The first-order valence-corrected chi connectivity index (χ1v) is 5.25. The average molecular weight is 425 g/mol. The van der Waals surface area contributed by atoms with Gasteiger partial charge in [-0.25, -0.2) is 4.98 Å². The molecule has 0 atom stereocenters. The topological polar surface area (TPSA) is 98.1 Å². The van der Waals surface area contributed by atoms with E-state index in [0.717, 1.165) is 11.6 Å². The summed E-state index contributed by atoms with van der Waals surface area (Å²) >= 11 is 1.79. The number of rotatable bonds is 2. The minimum absolute atomic E-state index is 0. The SMILES string of the molecule is CSCc1nccn1C.O=C([O-])C(=O)[O-].[Pt+2]. The van der Waals surface area contributed by atoms with Gasteiger partial charge in [0.2, 0.25) is 0 Å². The molecule has 1 rings (SSSR count). The second kappa shape index (κ2) is 9.42. The Bertz CT molecular complexity index is 331. The molecule has 92 valence electrons. The first-order chi connectivity index (χ1) is 6.99. The zero-order valence-corrected chi connectivity index (χ0v) is 11.7. The Morgan fingerprint density at radius 2 is 1.94 bits per heavy atom. The Morgan fingerprint density at radius 3 is 2.19 bits per heavy atom. The van der Waals surface area contributed by atoms with Gasteiger partial charge < -0.3 is 24.4 Å². The fraction of sp³-hybridized carbons (Fsp3) is 0.375. The molecule has 0 N–H and O–H groups in total. The van der Waals surface area contributed by atoms with Crippen LogP contribution in [0, 0.1) is 0 Å². The van der Waals surface area contributed by atoms with E-state index in [2.05, 4.69) is 11.2 Å². The van der Waals surface area contributed by atoms with Crippen LogP contribution in [0.1, 0.15) is 5.82 Å². The first kappa shape index (κ1) is 17.6. The van der Waals surface area contributed by atoms with E-state index in [1.165, 1.54) is 0 Å². The Kier molecular flexibility index (Phi) is 10.3. The zero-order valence-electron chi connectivity index (χ0n) is 8.61. The van der Waals surface area contributed by atoms with Crippen molar-refractivity contribution < 1.29 is 40.9 Å². The molecule has 0 fully saturated rings. The standard InChI is InChI=1S/C6H10N2S.C2H2O4.Pt/c1-8-4-3-7-6(8)5-9-2;3-1(4)2(5)6;/h3-4H,5H2,1-2H3;(H,3,4)(H,5,6);/q;;+2/p-2. The molecule has 1 aromatic heterocycles. The van der Waals surface area contributed by atoms with Crippen molar-refractivity contribution in [2.75, 3.05) is 6.26 Å². The summed E-state index contributed by atoms with van der Waals surface area (Å²) in [6.45, 7) is 0. The van der Waals surface area contributed by atoms with Crippen LogP contribution in [-0.2, 0) is 43.5 Å². The summed E-state index contributed by atoms with van der Waals surface area (Å²) < 4.78 is 2.04. The minimum Gasteiger partial charge on any atom is -0.543 e. The molecule has 0 spiro atoms. The third kappa shape index (κ3) is 7.48. The predicted octanol–water partition coefficient (Wildman–Crippen LogP) is -2.23. The Hall–Kier alpha value is -0.812. The maximum atomic E-state index is 8.93. The third-order valence-corrected chi connectivity index (χ3v) is 1.91. The van der Waals surface area contributed by atoms with Crippen molar-refractivity contribution in [3.63, 3.8) is 0 Å². The van der Waals surface area contributed by atoms with Gasteiger partial charge >= 0.3 is 21.1 Å². The van der Waals surface area contributed by atoms with Gasteiger partial charge in [0.1, 0.15) is 5.82 Å². The molecule has 0 radical (unpaired) electrons. The zero-order chi connectivity index (χ0) is 11.8. The maximum Gasteiger partial charge on any atom is 2.00 e. The molecule has 6 nitrogen and oxygen atoms in total. The molecule has 0 saturated heterocycles. The molecule has 0 aromatic carbocycles. The largest absolute Gasteiger partial charge is 2.00 e. The van der Waals surface area contributed by atoms with Crippen molar-refractivity contribution in [1.29, 1.82) is 0 Å². The number of hydrogen-bond donors (Lipinski definition) is 0. The second-order valence-electron chi connectivity index (χ2n) is 2.46. The molecule has 0 saturated carbocycles. The van der Waals surface area contributed by atoms with Gasteiger partial charge in [-0.2, -0.15) is 11.8 Å². The predicted molar refractivity (Wildman–Crippen MR) is 50.4 cm³/mol. The van der Waals surface area contributed by atoms with Crippen LogP contribution in [0.3, 0.4) is 0 Å². The van der Waals surface area contributed by atoms with Crippen LogP contribution in [0.4, 0.5) is 0 Å². The van der Waals surface area contributed by atoms with Crippen LogP contribution in [-0.4, -0.2) is 27.7 Å². The van der Waals surface area contributed by atoms with Crippen LogP contribution in [0.15, 0.2) is 12.4 Å². The normalized spacial score (nSPS) is 8.38. The Balaban J connectivity index is 0. The monoisotopic (exact) mass is 425 g/mol. The van der Waals surface area contributed by atoms with Crippen LogP contribution in [0.2, 0.25) is 0 Å². The van der Waals surface area contributed by atoms with Gasteiger partial charge in [0, 0.05) is 19.4 Å². The number of carboxylic acid groups (broad SMARTS) is 2. The molecule has 16 heavy (non-hydrogen) atoms. The molecule has 8 heteroatoms. The number of nitrogens with zero attached hydrogens (tertiary/aromatic N) is 2. The Labute approximate surface area is 111 Å². The van der Waals surface area contributed by atoms with Crippen LogP contribution in [0.25, 0.3) is 0 Å². The molecular weight excluding hydrogens is 415 g/mol. The van der Waals surface area contributed by atoms with E-state index in [1.807, 2.05) is 24.0 Å². The summed E-state index contributed by atoms with van der Waals surface area (Å²) in [4.78, 5) is 22.0. The molecular formula is C8H10N2O4PtS. The second-order valence-corrected chi connectivity index (χ2v) is 3.33. The number of imidazole rings is 1. The van der Waals surface area contributed by atoms with Gasteiger partial charge in [-0.3, -0.25) is 0 Å². The quantitative estimate of drug-likeness (QED) is 0.498. The van der Waals surface area contributed by atoms with Gasteiger partial charge in [0.25, 0.3) is 0 Å². The molecule has 0 aliphatic heterocycles. The van der Waals surface area contributed by atoms with Crippen molar-refractivity contribution >= 4 is 23.7 Å². The number of carboxylic acids is 2. The minimum atomic E-state index is -2.19. The van der Waals surface area contributed by atoms with Crippen LogP contribution in [0.5, 0.6) is 0 Å². The summed E-state index contributed by atoms with van der Waals surface area (Å²) in [5, 5.41) is 17.9. The number of thioether (sulfide) groups is 1. The summed E-state index contributed by atoms with van der Waals surface area (Å²) in [6, 6.07) is 0. The van der Waals surface area contributed by atoms with Gasteiger partial charge in [0.15, 0.2) is 0 Å². The van der Waals surface area contributed by atoms with E-state index in [4.69, 9.17) is 19.8 Å². The fourth-order valence-corrected chi connectivity index (χ4v) is 1.20. The van der Waals surface area contributed by atoms with Crippen molar-refractivity contribution in [3.05, 3.63) is 18.2 Å². The fourth-order valence-electron chi connectivity index (χ4n) is 0.665. The van der Waals surface area contributed by atoms with Gasteiger partial charge in [-0.1, -0.05) is 0 Å². The number of carbonyl (C=O) groups excluding carboxylic acids is 2. The molecule has 0 aliphatic carbocycles. The molecule has 1 heterocycles. The van der Waals surface area contributed by atoms with E-state index in [0.29, 0.717) is 0 Å². The van der Waals surface area contributed by atoms with E-state index in [9.17, 15) is 0 Å². The number of aryl methyl sites for hydroxylation is 1. The maximum absolute atomic E-state index is 8.93. The summed E-state index contributed by atoms with van der Waals surface area (Å²) in [6.07, 6.45) is 5.87. The van der Waals surface area contributed by atoms with Crippen molar-refractivity contribution in [3.8, 4) is 0 Å². The summed E-state index contributed by atoms with van der Waals surface area (Å²) in [5.74, 6) is -2.23. The van der Waals surface area contributed by atoms with E-state index in [-0.39, 0.29) is 21.1 Å². The average Bonchev–Trinajstić information content (AvgIpc) is 2.53. The number of hydrogen-bond acceptors (Lipinski definition) is 6. The molecule has 0 aliphatic rings. The van der Waals surface area contributed by atoms with Crippen molar-refractivity contribution in [2.45, 2.75) is 5.75 Å². The van der Waals surface area contributed by atoms with Gasteiger partial charge in [-0.05, 0) is 6.26 Å². The molecule has 1 aromatic rings. The van der Waals surface area contributed by atoms with Crippen LogP contribution >= 0.6 is 11.8 Å². The van der Waals surface area contributed by atoms with Crippen LogP contribution < -0.4 is 10.2 Å². The first-order valence-electron chi connectivity index (χ1n) is 3.86. The van der Waals surface area contributed by atoms with E-state index in [1.54, 1.807) is 11.8 Å². The smallest absolute Gasteiger partial charge is 0.543 e. The summed E-state index contributed by atoms with van der Waals surface area (Å²) in [7, 11) is 2.01. The molecule has 0 amide bonds. The third-order valence-electron chi connectivity index (χ3n) is 1.36. The number of aromatic nitrogens is 2. The van der Waals surface area contributed by atoms with Gasteiger partial charge in [0.05, 0.1) is 17.7 Å². The number of carbonyl (C=O) groups is 2. The number of aliphatic carboxylic acids is 2. The Morgan fingerprint density at radius 1 is 1.44 bits per heavy atom.